The first-order valence-electron chi connectivity index (χ1n) is 9.32. The van der Waals surface area contributed by atoms with Crippen LogP contribution in [0.3, 0.4) is 0 Å². The molecular formula is C22H23N2OSi2. The van der Waals surface area contributed by atoms with E-state index in [4.69, 9.17) is 15.6 Å². The van der Waals surface area contributed by atoms with Gasteiger partial charge in [-0.25, -0.2) is 0 Å². The Morgan fingerprint density at radius 2 is 1.52 bits per heavy atom. The predicted molar refractivity (Wildman–Crippen MR) is 119 cm³/mol. The summed E-state index contributed by atoms with van der Waals surface area (Å²) < 4.78 is 6.32. The minimum absolute atomic E-state index is 0.445. The van der Waals surface area contributed by atoms with Crippen molar-refractivity contribution in [1.82, 2.24) is 0 Å². The highest BCUT2D eigenvalue weighted by Crippen LogP contribution is 2.29. The molecule has 27 heavy (non-hydrogen) atoms. The Morgan fingerprint density at radius 3 is 2.30 bits per heavy atom. The Labute approximate surface area is 164 Å². The van der Waals surface area contributed by atoms with Gasteiger partial charge < -0.3 is 15.6 Å². The van der Waals surface area contributed by atoms with Crippen molar-refractivity contribution in [3.8, 4) is 0 Å². The van der Waals surface area contributed by atoms with E-state index in [1.54, 1.807) is 0 Å². The van der Waals surface area contributed by atoms with Gasteiger partial charge >= 0.3 is 0 Å². The van der Waals surface area contributed by atoms with Crippen LogP contribution < -0.4 is 16.7 Å². The molecule has 4 aromatic carbocycles. The zero-order chi connectivity index (χ0) is 18.6. The first-order chi connectivity index (χ1) is 13.3. The van der Waals surface area contributed by atoms with Crippen molar-refractivity contribution in [2.45, 2.75) is 12.1 Å². The summed E-state index contributed by atoms with van der Waals surface area (Å²) in [5.41, 5.74) is 11.6. The number of rotatable bonds is 7. The summed E-state index contributed by atoms with van der Waals surface area (Å²) in [5.74, 6) is 0. The lowest BCUT2D eigenvalue weighted by Crippen LogP contribution is -2.37. The minimum atomic E-state index is -1.18. The maximum Gasteiger partial charge on any atom is 0.236 e. The highest BCUT2D eigenvalue weighted by atomic mass is 28.3. The second-order valence-electron chi connectivity index (χ2n) is 6.64. The molecule has 4 N–H and O–H groups in total. The van der Waals surface area contributed by atoms with Crippen LogP contribution in [0.1, 0.15) is 0 Å². The topological polar surface area (TPSA) is 61.3 Å². The summed E-state index contributed by atoms with van der Waals surface area (Å²) in [6.07, 6.45) is 0. The van der Waals surface area contributed by atoms with Gasteiger partial charge in [0, 0.05) is 0 Å². The third-order valence-corrected chi connectivity index (χ3v) is 8.66. The average molecular weight is 388 g/mol. The molecule has 3 radical (unpaired) electrons. The normalized spacial score (nSPS) is 11.8. The lowest BCUT2D eigenvalue weighted by Gasteiger charge is -2.18. The highest BCUT2D eigenvalue weighted by molar-refractivity contribution is 6.74. The molecule has 0 amide bonds. The number of hydrogen-bond donors (Lipinski definition) is 2. The second-order valence-corrected chi connectivity index (χ2v) is 10.1. The van der Waals surface area contributed by atoms with Gasteiger partial charge in [0.15, 0.2) is 0 Å². The number of hydrogen-bond acceptors (Lipinski definition) is 3. The van der Waals surface area contributed by atoms with E-state index in [9.17, 15) is 0 Å². The maximum absolute atomic E-state index is 6.32. The fourth-order valence-electron chi connectivity index (χ4n) is 3.60. The van der Waals surface area contributed by atoms with E-state index in [1.165, 1.54) is 37.5 Å². The summed E-state index contributed by atoms with van der Waals surface area (Å²) >= 11 is 0. The van der Waals surface area contributed by atoms with Crippen molar-refractivity contribution in [3.05, 3.63) is 66.7 Å². The van der Waals surface area contributed by atoms with E-state index in [-0.39, 0.29) is 0 Å². The number of nitrogens with two attached hydrogens (primary N) is 2. The molecule has 0 aliphatic heterocycles. The van der Waals surface area contributed by atoms with Crippen LogP contribution in [0.4, 0.5) is 0 Å². The van der Waals surface area contributed by atoms with Crippen LogP contribution in [0.25, 0.3) is 32.3 Å². The zero-order valence-electron chi connectivity index (χ0n) is 15.2. The first-order valence-corrected chi connectivity index (χ1v) is 12.0. The largest absolute Gasteiger partial charge is 0.453 e. The van der Waals surface area contributed by atoms with E-state index in [2.05, 4.69) is 66.7 Å². The van der Waals surface area contributed by atoms with E-state index in [1.807, 2.05) is 0 Å². The van der Waals surface area contributed by atoms with Crippen LogP contribution in [0, 0.1) is 0 Å². The molecule has 0 fully saturated rings. The Morgan fingerprint density at radius 1 is 0.778 bits per heavy atom. The molecular weight excluding hydrogens is 364 g/mol. The summed E-state index contributed by atoms with van der Waals surface area (Å²) in [6, 6.07) is 26.0. The molecule has 4 rings (SSSR count). The smallest absolute Gasteiger partial charge is 0.236 e. The fraction of sp³-hybridized carbons (Fsp3) is 0.182. The van der Waals surface area contributed by atoms with Crippen molar-refractivity contribution < 1.29 is 4.12 Å². The molecule has 5 heteroatoms. The van der Waals surface area contributed by atoms with Crippen LogP contribution in [-0.4, -0.2) is 31.9 Å². The predicted octanol–water partition coefficient (Wildman–Crippen LogP) is 3.32. The van der Waals surface area contributed by atoms with E-state index >= 15 is 0 Å². The third kappa shape index (κ3) is 3.69. The summed E-state index contributed by atoms with van der Waals surface area (Å²) in [6.45, 7) is 1.31. The van der Waals surface area contributed by atoms with Gasteiger partial charge in [-0.2, -0.15) is 0 Å². The molecule has 0 saturated heterocycles. The standard InChI is InChI=1S/C22H23N2OSi2/c23-10-12-26-25-27(13-11-24)21-7-3-6-16-8-9-19-14-17-4-1-2-5-18(17)15-20(19)22(16)21/h1-9,14-15H,10-13,23-24H2. The quantitative estimate of drug-likeness (QED) is 0.221. The molecule has 0 saturated carbocycles. The molecule has 0 aliphatic rings. The van der Waals surface area contributed by atoms with Gasteiger partial charge in [-0.05, 0) is 74.8 Å². The van der Waals surface area contributed by atoms with Crippen LogP contribution in [-0.2, 0) is 4.12 Å². The van der Waals surface area contributed by atoms with Gasteiger partial charge in [0.1, 0.15) is 0 Å². The lowest BCUT2D eigenvalue weighted by atomic mass is 9.98. The highest BCUT2D eigenvalue weighted by Gasteiger charge is 2.19. The van der Waals surface area contributed by atoms with Crippen molar-refractivity contribution in [3.63, 3.8) is 0 Å². The van der Waals surface area contributed by atoms with Crippen LogP contribution in [0.2, 0.25) is 12.1 Å². The van der Waals surface area contributed by atoms with Crippen molar-refractivity contribution >= 4 is 56.3 Å². The number of fused-ring (bicyclic) bond motifs is 4. The SMILES string of the molecule is NCC[Si]O[Si](CCN)c1cccc2ccc3cc4ccccc4cc3c12. The Balaban J connectivity index is 1.93. The average Bonchev–Trinajstić information content (AvgIpc) is 2.71. The summed E-state index contributed by atoms with van der Waals surface area (Å²) in [4.78, 5) is 0. The molecule has 0 atom stereocenters. The fourth-order valence-corrected chi connectivity index (χ4v) is 7.05. The van der Waals surface area contributed by atoms with Gasteiger partial charge in [-0.3, -0.25) is 0 Å². The van der Waals surface area contributed by atoms with Crippen molar-refractivity contribution in [2.24, 2.45) is 11.5 Å². The molecule has 3 nitrogen and oxygen atoms in total. The molecule has 4 aromatic rings. The zero-order valence-corrected chi connectivity index (χ0v) is 17.2. The van der Waals surface area contributed by atoms with Gasteiger partial charge in [-0.1, -0.05) is 54.6 Å². The first kappa shape index (κ1) is 18.3. The molecule has 0 aliphatic carbocycles. The Kier molecular flexibility index (Phi) is 5.66. The number of benzene rings is 4. The summed E-state index contributed by atoms with van der Waals surface area (Å²) in [7, 11) is -0.737. The van der Waals surface area contributed by atoms with Crippen molar-refractivity contribution in [2.75, 3.05) is 13.1 Å². The van der Waals surface area contributed by atoms with Crippen LogP contribution in [0.5, 0.6) is 0 Å². The second kappa shape index (κ2) is 8.33. The molecule has 0 unspecified atom stereocenters. The molecule has 0 bridgehead atoms. The van der Waals surface area contributed by atoms with E-state index < -0.39 is 9.04 Å². The van der Waals surface area contributed by atoms with Gasteiger partial charge in [0.2, 0.25) is 18.8 Å². The Hall–Kier alpha value is -2.03. The summed E-state index contributed by atoms with van der Waals surface area (Å²) in [5, 5.41) is 9.02. The van der Waals surface area contributed by atoms with E-state index in [0.29, 0.717) is 22.9 Å². The van der Waals surface area contributed by atoms with Gasteiger partial charge in [0.05, 0.1) is 0 Å². The minimum Gasteiger partial charge on any atom is -0.453 e. The molecule has 0 spiro atoms. The van der Waals surface area contributed by atoms with E-state index in [0.717, 1.165) is 12.1 Å². The van der Waals surface area contributed by atoms with Gasteiger partial charge in [0.25, 0.3) is 0 Å². The monoisotopic (exact) mass is 387 g/mol. The van der Waals surface area contributed by atoms with Gasteiger partial charge in [-0.15, -0.1) is 0 Å². The maximum atomic E-state index is 6.32. The Bertz CT molecular complexity index is 1080. The van der Waals surface area contributed by atoms with Crippen LogP contribution >= 0.6 is 0 Å². The van der Waals surface area contributed by atoms with Crippen molar-refractivity contribution in [1.29, 1.82) is 0 Å². The molecule has 0 aromatic heterocycles. The van der Waals surface area contributed by atoms with Crippen LogP contribution in [0.15, 0.2) is 66.7 Å². The molecule has 135 valence electrons. The lowest BCUT2D eigenvalue weighted by molar-refractivity contribution is 0.616. The third-order valence-electron chi connectivity index (χ3n) is 4.84. The molecule has 0 heterocycles.